The van der Waals surface area contributed by atoms with E-state index in [4.69, 9.17) is 0 Å². The van der Waals surface area contributed by atoms with Crippen LogP contribution >= 0.6 is 11.8 Å². The van der Waals surface area contributed by atoms with Crippen molar-refractivity contribution in [1.82, 2.24) is 25.0 Å². The third-order valence-corrected chi connectivity index (χ3v) is 6.47. The van der Waals surface area contributed by atoms with Gasteiger partial charge in [-0.15, -0.1) is 10.2 Å². The van der Waals surface area contributed by atoms with E-state index >= 15 is 0 Å². The second-order valence-electron chi connectivity index (χ2n) is 8.10. The third-order valence-electron chi connectivity index (χ3n) is 5.54. The normalized spacial score (nSPS) is 14.4. The number of carbonyl (C=O) groups excluding carboxylic acids is 1. The summed E-state index contributed by atoms with van der Waals surface area (Å²) in [5.41, 5.74) is 3.05. The lowest BCUT2D eigenvalue weighted by atomic mass is 10.1. The van der Waals surface area contributed by atoms with Gasteiger partial charge < -0.3 is 5.32 Å². The van der Waals surface area contributed by atoms with Gasteiger partial charge in [0.05, 0.1) is 12.3 Å². The van der Waals surface area contributed by atoms with E-state index < -0.39 is 0 Å². The number of rotatable bonds is 8. The summed E-state index contributed by atoms with van der Waals surface area (Å²) in [5, 5.41) is 12.4. The maximum absolute atomic E-state index is 13.5. The van der Waals surface area contributed by atoms with Gasteiger partial charge in [0, 0.05) is 12.2 Å². The number of aromatic nitrogens is 3. The molecule has 0 spiro atoms. The minimum Gasteiger partial charge on any atom is -0.351 e. The van der Waals surface area contributed by atoms with Gasteiger partial charge in [-0.2, -0.15) is 0 Å². The lowest BCUT2D eigenvalue weighted by molar-refractivity contribution is -0.118. The summed E-state index contributed by atoms with van der Waals surface area (Å²) in [6, 6.07) is 14.4. The Morgan fingerprint density at radius 2 is 1.75 bits per heavy atom. The van der Waals surface area contributed by atoms with Gasteiger partial charge >= 0.3 is 0 Å². The van der Waals surface area contributed by atoms with Crippen molar-refractivity contribution in [3.8, 4) is 5.69 Å². The molecule has 2 heterocycles. The van der Waals surface area contributed by atoms with Crippen LogP contribution in [0, 0.1) is 12.7 Å². The summed E-state index contributed by atoms with van der Waals surface area (Å²) in [6.45, 7) is 5.30. The smallest absolute Gasteiger partial charge is 0.230 e. The van der Waals surface area contributed by atoms with Gasteiger partial charge in [-0.05, 0) is 62.7 Å². The predicted molar refractivity (Wildman–Crippen MR) is 124 cm³/mol. The molecule has 0 unspecified atom stereocenters. The van der Waals surface area contributed by atoms with Crippen LogP contribution in [0.3, 0.4) is 0 Å². The highest BCUT2D eigenvalue weighted by molar-refractivity contribution is 7.99. The quantitative estimate of drug-likeness (QED) is 0.520. The molecule has 0 bridgehead atoms. The fraction of sp³-hybridized carbons (Fsp3) is 0.375. The molecule has 1 aliphatic heterocycles. The minimum absolute atomic E-state index is 0.0678. The monoisotopic (exact) mass is 453 g/mol. The molecule has 0 atom stereocenters. The van der Waals surface area contributed by atoms with Gasteiger partial charge in [-0.25, -0.2) is 4.39 Å². The molecular weight excluding hydrogens is 425 g/mol. The second-order valence-corrected chi connectivity index (χ2v) is 9.04. The van der Waals surface area contributed by atoms with Crippen molar-refractivity contribution in [1.29, 1.82) is 0 Å². The Bertz CT molecular complexity index is 1030. The Balaban J connectivity index is 1.44. The van der Waals surface area contributed by atoms with Crippen LogP contribution in [0.25, 0.3) is 5.69 Å². The summed E-state index contributed by atoms with van der Waals surface area (Å²) in [7, 11) is 0. The molecule has 1 amide bonds. The first-order chi connectivity index (χ1) is 15.6. The lowest BCUT2D eigenvalue weighted by Gasteiger charge is -2.26. The van der Waals surface area contributed by atoms with Gasteiger partial charge in [-0.3, -0.25) is 14.3 Å². The minimum atomic E-state index is -0.288. The van der Waals surface area contributed by atoms with E-state index in [1.807, 2.05) is 35.8 Å². The number of likely N-dealkylation sites (tertiary alicyclic amines) is 1. The lowest BCUT2D eigenvalue weighted by Crippen LogP contribution is -2.30. The van der Waals surface area contributed by atoms with Crippen molar-refractivity contribution in [2.75, 3.05) is 18.8 Å². The molecule has 8 heteroatoms. The Morgan fingerprint density at radius 1 is 1.03 bits per heavy atom. The number of amides is 1. The Labute approximate surface area is 192 Å². The predicted octanol–water partition coefficient (Wildman–Crippen LogP) is 4.11. The molecule has 0 radical (unpaired) electrons. The highest BCUT2D eigenvalue weighted by Gasteiger charge is 2.19. The van der Waals surface area contributed by atoms with E-state index in [2.05, 4.69) is 20.4 Å². The number of thioether (sulfide) groups is 1. The number of nitrogens with one attached hydrogen (secondary N) is 1. The number of benzene rings is 2. The average molecular weight is 454 g/mol. The van der Waals surface area contributed by atoms with Crippen LogP contribution in [0.2, 0.25) is 0 Å². The van der Waals surface area contributed by atoms with Gasteiger partial charge in [0.25, 0.3) is 0 Å². The van der Waals surface area contributed by atoms with Crippen LogP contribution in [0.4, 0.5) is 4.39 Å². The number of nitrogens with zero attached hydrogens (tertiary/aromatic N) is 4. The maximum atomic E-state index is 13.5. The molecule has 0 aliphatic carbocycles. The van der Waals surface area contributed by atoms with Crippen molar-refractivity contribution < 1.29 is 9.18 Å². The molecule has 4 rings (SSSR count). The summed E-state index contributed by atoms with van der Waals surface area (Å²) in [6.07, 6.45) is 3.64. The molecule has 168 valence electrons. The van der Waals surface area contributed by atoms with E-state index in [9.17, 15) is 9.18 Å². The number of piperidine rings is 1. The van der Waals surface area contributed by atoms with E-state index in [0.717, 1.165) is 30.2 Å². The zero-order valence-electron chi connectivity index (χ0n) is 18.3. The van der Waals surface area contributed by atoms with Gasteiger partial charge in [0.1, 0.15) is 5.82 Å². The zero-order valence-corrected chi connectivity index (χ0v) is 19.1. The number of carbonyl (C=O) groups is 1. The third kappa shape index (κ3) is 5.95. The average Bonchev–Trinajstić information content (AvgIpc) is 3.21. The Kier molecular flexibility index (Phi) is 7.55. The fourth-order valence-corrected chi connectivity index (χ4v) is 4.55. The van der Waals surface area contributed by atoms with Gasteiger partial charge in [0.15, 0.2) is 11.0 Å². The molecule has 3 aromatic rings. The number of halogens is 1. The van der Waals surface area contributed by atoms with Crippen LogP contribution in [0.5, 0.6) is 0 Å². The fourth-order valence-electron chi connectivity index (χ4n) is 3.75. The first-order valence-corrected chi connectivity index (χ1v) is 11.9. The Hall–Kier alpha value is -2.71. The van der Waals surface area contributed by atoms with Crippen molar-refractivity contribution in [3.63, 3.8) is 0 Å². The first-order valence-electron chi connectivity index (χ1n) is 11.0. The van der Waals surface area contributed by atoms with Crippen LogP contribution in [-0.2, 0) is 17.9 Å². The molecule has 1 N–H and O–H groups in total. The molecule has 0 saturated carbocycles. The Morgan fingerprint density at radius 3 is 2.47 bits per heavy atom. The molecule has 1 fully saturated rings. The first kappa shape index (κ1) is 22.5. The van der Waals surface area contributed by atoms with Gasteiger partial charge in [-0.1, -0.05) is 48.0 Å². The maximum Gasteiger partial charge on any atom is 0.230 e. The SMILES string of the molecule is Cc1ccc(CNC(=O)CSc2nnc(CN3CCCCC3)n2-c2ccc(F)cc2)cc1. The molecular formula is C24H28FN5OS. The van der Waals surface area contributed by atoms with Crippen molar-refractivity contribution in [2.24, 2.45) is 0 Å². The summed E-state index contributed by atoms with van der Waals surface area (Å²) in [4.78, 5) is 14.8. The van der Waals surface area contributed by atoms with Crippen molar-refractivity contribution in [3.05, 3.63) is 71.3 Å². The molecule has 1 aliphatic rings. The van der Waals surface area contributed by atoms with E-state index in [-0.39, 0.29) is 17.5 Å². The van der Waals surface area contributed by atoms with Crippen LogP contribution < -0.4 is 5.32 Å². The zero-order chi connectivity index (χ0) is 22.3. The molecule has 6 nitrogen and oxygen atoms in total. The molecule has 2 aromatic carbocycles. The van der Waals surface area contributed by atoms with Crippen molar-refractivity contribution >= 4 is 17.7 Å². The number of hydrogen-bond acceptors (Lipinski definition) is 5. The highest BCUT2D eigenvalue weighted by atomic mass is 32.2. The van der Waals surface area contributed by atoms with Gasteiger partial charge in [0.2, 0.25) is 5.91 Å². The molecule has 1 saturated heterocycles. The van der Waals surface area contributed by atoms with Crippen molar-refractivity contribution in [2.45, 2.75) is 44.4 Å². The van der Waals surface area contributed by atoms with Crippen LogP contribution in [0.15, 0.2) is 53.7 Å². The number of hydrogen-bond donors (Lipinski definition) is 1. The van der Waals surface area contributed by atoms with E-state index in [0.29, 0.717) is 18.2 Å². The highest BCUT2D eigenvalue weighted by Crippen LogP contribution is 2.24. The van der Waals surface area contributed by atoms with Crippen LogP contribution in [0.1, 0.15) is 36.2 Å². The topological polar surface area (TPSA) is 63.1 Å². The standard InChI is InChI=1S/C24H28FN5OS/c1-18-5-7-19(8-6-18)15-26-23(31)17-32-24-28-27-22(16-29-13-3-2-4-14-29)30(24)21-11-9-20(25)10-12-21/h5-12H,2-4,13-17H2,1H3,(H,26,31). The number of aryl methyl sites for hydroxylation is 1. The second kappa shape index (κ2) is 10.7. The summed E-state index contributed by atoms with van der Waals surface area (Å²) in [5.74, 6) is 0.682. The largest absolute Gasteiger partial charge is 0.351 e. The van der Waals surface area contributed by atoms with Crippen LogP contribution in [-0.4, -0.2) is 44.4 Å². The summed E-state index contributed by atoms with van der Waals surface area (Å²) < 4.78 is 15.4. The summed E-state index contributed by atoms with van der Waals surface area (Å²) >= 11 is 1.34. The van der Waals surface area contributed by atoms with E-state index in [1.165, 1.54) is 48.7 Å². The molecule has 1 aromatic heterocycles. The molecule has 32 heavy (non-hydrogen) atoms. The van der Waals surface area contributed by atoms with E-state index in [1.54, 1.807) is 12.1 Å².